The largest absolute Gasteiger partial charge is 0.465 e. The van der Waals surface area contributed by atoms with Crippen LogP contribution >= 0.6 is 0 Å². The topological polar surface area (TPSA) is 61.9 Å². The van der Waals surface area contributed by atoms with Gasteiger partial charge in [-0.2, -0.15) is 5.10 Å². The Kier molecular flexibility index (Phi) is 4.24. The van der Waals surface area contributed by atoms with E-state index in [-0.39, 0.29) is 5.97 Å². The van der Waals surface area contributed by atoms with Crippen molar-refractivity contribution < 1.29 is 9.53 Å². The molecule has 0 radical (unpaired) electrons. The lowest BCUT2D eigenvalue weighted by Crippen LogP contribution is -2.04. The van der Waals surface area contributed by atoms with Gasteiger partial charge in [0.25, 0.3) is 0 Å². The molecule has 4 aromatic rings. The predicted molar refractivity (Wildman–Crippen MR) is 104 cm³/mol. The van der Waals surface area contributed by atoms with E-state index in [2.05, 4.69) is 22.3 Å². The first-order valence-corrected chi connectivity index (χ1v) is 8.67. The van der Waals surface area contributed by atoms with Crippen LogP contribution in [-0.4, -0.2) is 32.4 Å². The molecule has 0 spiro atoms. The van der Waals surface area contributed by atoms with Crippen LogP contribution in [0.2, 0.25) is 0 Å². The van der Waals surface area contributed by atoms with E-state index in [0.29, 0.717) is 12.1 Å². The molecule has 0 aliphatic rings. The summed E-state index contributed by atoms with van der Waals surface area (Å²) in [6, 6.07) is 9.55. The van der Waals surface area contributed by atoms with E-state index in [0.717, 1.165) is 33.3 Å². The zero-order valence-corrected chi connectivity index (χ0v) is 15.5. The van der Waals surface area contributed by atoms with E-state index in [1.807, 2.05) is 60.0 Å². The van der Waals surface area contributed by atoms with Crippen molar-refractivity contribution in [2.45, 2.75) is 13.5 Å². The highest BCUT2D eigenvalue weighted by Crippen LogP contribution is 2.29. The molecule has 3 aromatic heterocycles. The number of nitrogens with zero attached hydrogens (tertiary/aromatic N) is 4. The molecule has 27 heavy (non-hydrogen) atoms. The van der Waals surface area contributed by atoms with E-state index < -0.39 is 0 Å². The number of rotatable bonds is 4. The van der Waals surface area contributed by atoms with Gasteiger partial charge in [-0.25, -0.2) is 9.78 Å². The normalized spacial score (nSPS) is 11.1. The van der Waals surface area contributed by atoms with Crippen LogP contribution in [0.25, 0.3) is 22.2 Å². The molecular weight excluding hydrogens is 340 g/mol. The standard InChI is InChI=1S/C21H20N4O2/c1-14-7-18-19(13-24(2)20(18)22-9-14)17-10-23-25(12-17)11-15-5-4-6-16(8-15)21(26)27-3/h4-10,12-13H,11H2,1-3H3. The third-order valence-corrected chi connectivity index (χ3v) is 4.59. The molecule has 0 saturated carbocycles. The van der Waals surface area contributed by atoms with Gasteiger partial charge < -0.3 is 9.30 Å². The minimum absolute atomic E-state index is 0.336. The van der Waals surface area contributed by atoms with Gasteiger partial charge in [0, 0.05) is 42.2 Å². The van der Waals surface area contributed by atoms with E-state index >= 15 is 0 Å². The number of esters is 1. The molecule has 0 saturated heterocycles. The molecule has 6 nitrogen and oxygen atoms in total. The first kappa shape index (κ1) is 17.0. The number of hydrogen-bond donors (Lipinski definition) is 0. The number of carbonyl (C=O) groups excluding carboxylic acids is 1. The highest BCUT2D eigenvalue weighted by Gasteiger charge is 2.12. The number of pyridine rings is 1. The maximum atomic E-state index is 11.7. The molecule has 3 heterocycles. The summed E-state index contributed by atoms with van der Waals surface area (Å²) in [4.78, 5) is 16.2. The second-order valence-electron chi connectivity index (χ2n) is 6.66. The lowest BCUT2D eigenvalue weighted by atomic mass is 10.1. The SMILES string of the molecule is COC(=O)c1cccc(Cn2cc(-c3cn(C)c4ncc(C)cc34)cn2)c1. The molecular formula is C21H20N4O2. The number of methoxy groups -OCH3 is 1. The molecule has 4 rings (SSSR count). The van der Waals surface area contributed by atoms with Gasteiger partial charge in [-0.3, -0.25) is 4.68 Å². The van der Waals surface area contributed by atoms with Gasteiger partial charge in [0.15, 0.2) is 0 Å². The molecule has 0 amide bonds. The Hall–Kier alpha value is -3.41. The molecule has 136 valence electrons. The molecule has 0 aliphatic heterocycles. The molecule has 0 unspecified atom stereocenters. The second kappa shape index (κ2) is 6.72. The molecule has 0 fully saturated rings. The van der Waals surface area contributed by atoms with Crippen LogP contribution < -0.4 is 0 Å². The Bertz CT molecular complexity index is 1140. The molecule has 0 N–H and O–H groups in total. The zero-order chi connectivity index (χ0) is 19.0. The van der Waals surface area contributed by atoms with Crippen molar-refractivity contribution in [2.24, 2.45) is 7.05 Å². The van der Waals surface area contributed by atoms with Crippen LogP contribution in [0.15, 0.2) is 55.1 Å². The summed E-state index contributed by atoms with van der Waals surface area (Å²) in [6.45, 7) is 2.62. The number of benzene rings is 1. The van der Waals surface area contributed by atoms with Crippen LogP contribution in [-0.2, 0) is 18.3 Å². The highest BCUT2D eigenvalue weighted by atomic mass is 16.5. The second-order valence-corrected chi connectivity index (χ2v) is 6.66. The van der Waals surface area contributed by atoms with Crippen LogP contribution in [0.1, 0.15) is 21.5 Å². The summed E-state index contributed by atoms with van der Waals surface area (Å²) in [7, 11) is 3.38. The van der Waals surface area contributed by atoms with Crippen molar-refractivity contribution in [1.82, 2.24) is 19.3 Å². The van der Waals surface area contributed by atoms with E-state index in [4.69, 9.17) is 4.74 Å². The Labute approximate surface area is 157 Å². The summed E-state index contributed by atoms with van der Waals surface area (Å²) in [5.41, 5.74) is 5.76. The Morgan fingerprint density at radius 2 is 2.04 bits per heavy atom. The third kappa shape index (κ3) is 3.21. The average Bonchev–Trinajstić information content (AvgIpc) is 3.25. The number of fused-ring (bicyclic) bond motifs is 1. The van der Waals surface area contributed by atoms with Gasteiger partial charge in [0.1, 0.15) is 5.65 Å². The minimum atomic E-state index is -0.336. The van der Waals surface area contributed by atoms with Crippen molar-refractivity contribution in [1.29, 1.82) is 0 Å². The summed E-state index contributed by atoms with van der Waals surface area (Å²) in [6.07, 6.45) is 7.84. The first-order chi connectivity index (χ1) is 13.0. The average molecular weight is 360 g/mol. The Morgan fingerprint density at radius 3 is 2.85 bits per heavy atom. The van der Waals surface area contributed by atoms with Gasteiger partial charge in [0.05, 0.1) is 25.4 Å². The lowest BCUT2D eigenvalue weighted by Gasteiger charge is -2.04. The van der Waals surface area contributed by atoms with Gasteiger partial charge in [-0.1, -0.05) is 12.1 Å². The summed E-state index contributed by atoms with van der Waals surface area (Å²) < 4.78 is 8.68. The first-order valence-electron chi connectivity index (χ1n) is 8.67. The maximum Gasteiger partial charge on any atom is 0.337 e. The van der Waals surface area contributed by atoms with Crippen LogP contribution in [0, 0.1) is 6.92 Å². The molecule has 0 bridgehead atoms. The number of aryl methyl sites for hydroxylation is 2. The smallest absolute Gasteiger partial charge is 0.337 e. The Morgan fingerprint density at radius 1 is 1.19 bits per heavy atom. The van der Waals surface area contributed by atoms with Gasteiger partial charge in [-0.05, 0) is 36.2 Å². The fourth-order valence-corrected chi connectivity index (χ4v) is 3.29. The van der Waals surface area contributed by atoms with Crippen LogP contribution in [0.4, 0.5) is 0 Å². The quantitative estimate of drug-likeness (QED) is 0.522. The number of aromatic nitrogens is 4. The zero-order valence-electron chi connectivity index (χ0n) is 15.5. The lowest BCUT2D eigenvalue weighted by molar-refractivity contribution is 0.0600. The van der Waals surface area contributed by atoms with Crippen molar-refractivity contribution in [3.8, 4) is 11.1 Å². The molecule has 0 atom stereocenters. The summed E-state index contributed by atoms with van der Waals surface area (Å²) in [5, 5.41) is 5.61. The fraction of sp³-hybridized carbons (Fsp3) is 0.190. The van der Waals surface area contributed by atoms with E-state index in [9.17, 15) is 4.79 Å². The van der Waals surface area contributed by atoms with Gasteiger partial charge >= 0.3 is 5.97 Å². The van der Waals surface area contributed by atoms with Crippen LogP contribution in [0.3, 0.4) is 0 Å². The fourth-order valence-electron chi connectivity index (χ4n) is 3.29. The van der Waals surface area contributed by atoms with Crippen molar-refractivity contribution in [3.63, 3.8) is 0 Å². The third-order valence-electron chi connectivity index (χ3n) is 4.59. The molecule has 1 aromatic carbocycles. The number of hydrogen-bond acceptors (Lipinski definition) is 4. The number of ether oxygens (including phenoxy) is 1. The summed E-state index contributed by atoms with van der Waals surface area (Å²) in [5.74, 6) is -0.336. The van der Waals surface area contributed by atoms with E-state index in [1.54, 1.807) is 6.07 Å². The van der Waals surface area contributed by atoms with E-state index in [1.165, 1.54) is 7.11 Å². The van der Waals surface area contributed by atoms with Crippen molar-refractivity contribution in [3.05, 3.63) is 71.8 Å². The van der Waals surface area contributed by atoms with Crippen LogP contribution in [0.5, 0.6) is 0 Å². The van der Waals surface area contributed by atoms with Crippen molar-refractivity contribution >= 4 is 17.0 Å². The molecule has 0 aliphatic carbocycles. The van der Waals surface area contributed by atoms with Gasteiger partial charge in [0.2, 0.25) is 0 Å². The minimum Gasteiger partial charge on any atom is -0.465 e. The predicted octanol–water partition coefficient (Wildman–Crippen LogP) is 3.58. The monoisotopic (exact) mass is 360 g/mol. The Balaban J connectivity index is 1.65. The number of carbonyl (C=O) groups is 1. The summed E-state index contributed by atoms with van der Waals surface area (Å²) >= 11 is 0. The maximum absolute atomic E-state index is 11.7. The van der Waals surface area contributed by atoms with Crippen molar-refractivity contribution in [2.75, 3.05) is 7.11 Å². The van der Waals surface area contributed by atoms with Gasteiger partial charge in [-0.15, -0.1) is 0 Å². The molecule has 6 heteroatoms. The highest BCUT2D eigenvalue weighted by molar-refractivity contribution is 5.94.